The Morgan fingerprint density at radius 2 is 1.93 bits per heavy atom. The molecule has 0 amide bonds. The summed E-state index contributed by atoms with van der Waals surface area (Å²) in [6.45, 7) is 0. The predicted molar refractivity (Wildman–Crippen MR) is 60.7 cm³/mol. The summed E-state index contributed by atoms with van der Waals surface area (Å²) in [6, 6.07) is 9.57. The van der Waals surface area contributed by atoms with Gasteiger partial charge in [0.2, 0.25) is 0 Å². The van der Waals surface area contributed by atoms with Gasteiger partial charge in [0.1, 0.15) is 5.69 Å². The highest BCUT2D eigenvalue weighted by Crippen LogP contribution is 2.28. The van der Waals surface area contributed by atoms with E-state index < -0.39 is 0 Å². The van der Waals surface area contributed by atoms with Crippen molar-refractivity contribution in [2.75, 3.05) is 5.73 Å². The van der Waals surface area contributed by atoms with Crippen molar-refractivity contribution in [1.29, 1.82) is 0 Å². The van der Waals surface area contributed by atoms with Crippen LogP contribution in [0.25, 0.3) is 5.69 Å². The molecule has 0 aliphatic rings. The molecular formula is C9H7BrClN3. The summed E-state index contributed by atoms with van der Waals surface area (Å²) < 4.78 is 2.15. The highest BCUT2D eigenvalue weighted by atomic mass is 79.9. The molecule has 3 nitrogen and oxygen atoms in total. The first-order chi connectivity index (χ1) is 6.70. The van der Waals surface area contributed by atoms with Crippen molar-refractivity contribution in [3.05, 3.63) is 40.1 Å². The number of nitrogen functional groups attached to an aromatic ring is 1. The van der Waals surface area contributed by atoms with Gasteiger partial charge in [-0.2, -0.15) is 5.10 Å². The summed E-state index contributed by atoms with van der Waals surface area (Å²) in [4.78, 5) is 0. The van der Waals surface area contributed by atoms with Crippen LogP contribution in [0, 0.1) is 0 Å². The predicted octanol–water partition coefficient (Wildman–Crippen LogP) is 2.87. The molecule has 2 rings (SSSR count). The monoisotopic (exact) mass is 271 g/mol. The van der Waals surface area contributed by atoms with Crippen LogP contribution in [0.2, 0.25) is 5.15 Å². The molecule has 14 heavy (non-hydrogen) atoms. The molecule has 1 aromatic carbocycles. The molecule has 0 unspecified atom stereocenters. The Bertz CT molecular complexity index is 453. The number of anilines is 1. The summed E-state index contributed by atoms with van der Waals surface area (Å²) in [5, 5.41) is 4.58. The van der Waals surface area contributed by atoms with Gasteiger partial charge in [0.15, 0.2) is 9.76 Å². The van der Waals surface area contributed by atoms with Gasteiger partial charge in [-0.25, -0.2) is 4.68 Å². The fraction of sp³-hybridized carbons (Fsp3) is 0. The van der Waals surface area contributed by atoms with Crippen molar-refractivity contribution in [2.45, 2.75) is 0 Å². The molecule has 2 aromatic rings. The average Bonchev–Trinajstić information content (AvgIpc) is 2.47. The number of hydrogen-bond donors (Lipinski definition) is 1. The lowest BCUT2D eigenvalue weighted by Gasteiger charge is -2.01. The van der Waals surface area contributed by atoms with Gasteiger partial charge in [-0.3, -0.25) is 0 Å². The van der Waals surface area contributed by atoms with Gasteiger partial charge < -0.3 is 5.73 Å². The van der Waals surface area contributed by atoms with Crippen LogP contribution in [-0.2, 0) is 0 Å². The van der Waals surface area contributed by atoms with Gasteiger partial charge in [-0.15, -0.1) is 0 Å². The minimum Gasteiger partial charge on any atom is -0.394 e. The Morgan fingerprint density at radius 1 is 1.29 bits per heavy atom. The van der Waals surface area contributed by atoms with E-state index in [-0.39, 0.29) is 0 Å². The van der Waals surface area contributed by atoms with E-state index in [2.05, 4.69) is 21.0 Å². The number of aromatic nitrogens is 2. The van der Waals surface area contributed by atoms with E-state index >= 15 is 0 Å². The van der Waals surface area contributed by atoms with Gasteiger partial charge in [0, 0.05) is 0 Å². The molecule has 0 bridgehead atoms. The van der Waals surface area contributed by atoms with E-state index in [4.69, 9.17) is 17.3 Å². The first kappa shape index (κ1) is 9.55. The largest absolute Gasteiger partial charge is 0.394 e. The van der Waals surface area contributed by atoms with Crippen molar-refractivity contribution in [2.24, 2.45) is 0 Å². The quantitative estimate of drug-likeness (QED) is 0.867. The first-order valence-corrected chi connectivity index (χ1v) is 5.12. The molecule has 0 spiro atoms. The summed E-state index contributed by atoms with van der Waals surface area (Å²) in [6.07, 6.45) is 0. The summed E-state index contributed by atoms with van der Waals surface area (Å²) >= 11 is 9.22. The third-order valence-electron chi connectivity index (χ3n) is 1.82. The van der Waals surface area contributed by atoms with Gasteiger partial charge in [-0.05, 0) is 28.1 Å². The number of rotatable bonds is 1. The second kappa shape index (κ2) is 3.63. The lowest BCUT2D eigenvalue weighted by molar-refractivity contribution is 0.871. The van der Waals surface area contributed by atoms with Crippen LogP contribution in [-0.4, -0.2) is 9.78 Å². The maximum atomic E-state index is 5.99. The minimum absolute atomic E-state index is 0.420. The lowest BCUT2D eigenvalue weighted by Crippen LogP contribution is -1.95. The Kier molecular flexibility index (Phi) is 2.48. The van der Waals surface area contributed by atoms with Crippen LogP contribution < -0.4 is 5.73 Å². The zero-order chi connectivity index (χ0) is 10.1. The zero-order valence-corrected chi connectivity index (χ0v) is 9.46. The van der Waals surface area contributed by atoms with E-state index in [9.17, 15) is 0 Å². The maximum Gasteiger partial charge on any atom is 0.157 e. The summed E-state index contributed by atoms with van der Waals surface area (Å²) in [7, 11) is 0. The van der Waals surface area contributed by atoms with Gasteiger partial charge in [-0.1, -0.05) is 29.8 Å². The van der Waals surface area contributed by atoms with Crippen LogP contribution in [0.3, 0.4) is 0 Å². The molecule has 0 aliphatic carbocycles. The van der Waals surface area contributed by atoms with Crippen molar-refractivity contribution in [3.63, 3.8) is 0 Å². The maximum absolute atomic E-state index is 5.99. The van der Waals surface area contributed by atoms with Gasteiger partial charge in [0.05, 0.1) is 5.69 Å². The number of nitrogens with two attached hydrogens (primary N) is 1. The van der Waals surface area contributed by atoms with E-state index in [0.717, 1.165) is 5.69 Å². The highest BCUT2D eigenvalue weighted by Gasteiger charge is 2.11. The third-order valence-corrected chi connectivity index (χ3v) is 2.77. The van der Waals surface area contributed by atoms with Crippen LogP contribution in [0.5, 0.6) is 0 Å². The highest BCUT2D eigenvalue weighted by molar-refractivity contribution is 9.10. The number of nitrogens with zero attached hydrogens (tertiary/aromatic N) is 2. The lowest BCUT2D eigenvalue weighted by atomic mass is 10.3. The molecule has 0 radical (unpaired) electrons. The van der Waals surface area contributed by atoms with Crippen LogP contribution >= 0.6 is 27.5 Å². The molecule has 0 saturated heterocycles. The van der Waals surface area contributed by atoms with E-state index in [1.165, 1.54) is 0 Å². The standard InChI is InChI=1S/C9H7BrClN3/c10-8-7(12)9(11)14(13-8)6-4-2-1-3-5-6/h1-5H,12H2. The average molecular weight is 273 g/mol. The second-order valence-electron chi connectivity index (χ2n) is 2.74. The molecule has 0 aliphatic heterocycles. The summed E-state index contributed by atoms with van der Waals surface area (Å²) in [5.74, 6) is 0. The van der Waals surface area contributed by atoms with Crippen LogP contribution in [0.4, 0.5) is 5.69 Å². The Hall–Kier alpha value is -1.00. The minimum atomic E-state index is 0.420. The van der Waals surface area contributed by atoms with E-state index in [0.29, 0.717) is 15.4 Å². The molecule has 1 heterocycles. The van der Waals surface area contributed by atoms with Crippen LogP contribution in [0.15, 0.2) is 34.9 Å². The van der Waals surface area contributed by atoms with Crippen molar-refractivity contribution in [1.82, 2.24) is 9.78 Å². The molecule has 5 heteroatoms. The number of halogens is 2. The molecule has 0 saturated carbocycles. The molecule has 0 fully saturated rings. The SMILES string of the molecule is Nc1c(Br)nn(-c2ccccc2)c1Cl. The van der Waals surface area contributed by atoms with Crippen LogP contribution in [0.1, 0.15) is 0 Å². The first-order valence-electron chi connectivity index (χ1n) is 3.95. The molecular weight excluding hydrogens is 265 g/mol. The normalized spacial score (nSPS) is 10.4. The van der Waals surface area contributed by atoms with Crippen molar-refractivity contribution in [3.8, 4) is 5.69 Å². The third kappa shape index (κ3) is 1.51. The fourth-order valence-corrected chi connectivity index (χ4v) is 1.81. The molecule has 1 aromatic heterocycles. The van der Waals surface area contributed by atoms with Gasteiger partial charge >= 0.3 is 0 Å². The number of para-hydroxylation sites is 1. The van der Waals surface area contributed by atoms with Gasteiger partial charge in [0.25, 0.3) is 0 Å². The van der Waals surface area contributed by atoms with Crippen molar-refractivity contribution >= 4 is 33.2 Å². The zero-order valence-electron chi connectivity index (χ0n) is 7.11. The van der Waals surface area contributed by atoms with E-state index in [1.54, 1.807) is 4.68 Å². The van der Waals surface area contributed by atoms with E-state index in [1.807, 2.05) is 30.3 Å². The van der Waals surface area contributed by atoms with Crippen molar-refractivity contribution < 1.29 is 0 Å². The Labute approximate surface area is 94.6 Å². The number of benzene rings is 1. The molecule has 0 atom stereocenters. The number of hydrogen-bond acceptors (Lipinski definition) is 2. The topological polar surface area (TPSA) is 43.8 Å². The Morgan fingerprint density at radius 3 is 2.43 bits per heavy atom. The smallest absolute Gasteiger partial charge is 0.157 e. The molecule has 72 valence electrons. The fourth-order valence-electron chi connectivity index (χ4n) is 1.13. The Balaban J connectivity index is 2.58. The molecule has 2 N–H and O–H groups in total. The summed E-state index contributed by atoms with van der Waals surface area (Å²) in [5.41, 5.74) is 7.02. The second-order valence-corrected chi connectivity index (χ2v) is 3.85.